The van der Waals surface area contributed by atoms with Gasteiger partial charge in [0.1, 0.15) is 5.82 Å². The Hall–Kier alpha value is -2.78. The van der Waals surface area contributed by atoms with E-state index in [1.165, 1.54) is 29.8 Å². The number of nitrogens with one attached hydrogen (secondary N) is 1. The van der Waals surface area contributed by atoms with Gasteiger partial charge in [0.2, 0.25) is 11.1 Å². The van der Waals surface area contributed by atoms with Crippen molar-refractivity contribution in [3.8, 4) is 5.69 Å². The molecular formula is C17H13ClFN5O2S. The fourth-order valence-electron chi connectivity index (χ4n) is 2.19. The zero-order chi connectivity index (χ0) is 19.4. The summed E-state index contributed by atoms with van der Waals surface area (Å²) in [5.74, 6) is -0.876. The van der Waals surface area contributed by atoms with Gasteiger partial charge in [-0.05, 0) is 47.7 Å². The van der Waals surface area contributed by atoms with Crippen LogP contribution < -0.4 is 5.32 Å². The third kappa shape index (κ3) is 4.69. The second-order valence-corrected chi connectivity index (χ2v) is 6.80. The van der Waals surface area contributed by atoms with Crippen LogP contribution in [-0.2, 0) is 4.79 Å². The van der Waals surface area contributed by atoms with E-state index in [1.54, 1.807) is 24.3 Å². The van der Waals surface area contributed by atoms with Gasteiger partial charge in [-0.1, -0.05) is 35.5 Å². The monoisotopic (exact) mass is 405 g/mol. The van der Waals surface area contributed by atoms with Crippen molar-refractivity contribution >= 4 is 40.7 Å². The Morgan fingerprint density at radius 1 is 1.26 bits per heavy atom. The third-order valence-electron chi connectivity index (χ3n) is 3.47. The molecule has 138 valence electrons. The lowest BCUT2D eigenvalue weighted by Crippen LogP contribution is -2.15. The van der Waals surface area contributed by atoms with Crippen LogP contribution in [0.5, 0.6) is 0 Å². The maximum atomic E-state index is 13.3. The third-order valence-corrected chi connectivity index (χ3v) is 4.68. The molecule has 3 rings (SSSR count). The number of hydrogen-bond donors (Lipinski definition) is 1. The molecule has 10 heteroatoms. The van der Waals surface area contributed by atoms with Crippen LogP contribution in [0.3, 0.4) is 0 Å². The summed E-state index contributed by atoms with van der Waals surface area (Å²) in [4.78, 5) is 23.6. The Bertz CT molecular complexity index is 1010. The maximum absolute atomic E-state index is 13.3. The van der Waals surface area contributed by atoms with Gasteiger partial charge in [-0.3, -0.25) is 9.59 Å². The topological polar surface area (TPSA) is 89.8 Å². The van der Waals surface area contributed by atoms with Crippen LogP contribution >= 0.6 is 23.4 Å². The van der Waals surface area contributed by atoms with E-state index in [9.17, 15) is 14.0 Å². The minimum atomic E-state index is -0.546. The number of carbonyl (C=O) groups excluding carboxylic acids is 2. The lowest BCUT2D eigenvalue weighted by atomic mass is 10.1. The molecule has 7 nitrogen and oxygen atoms in total. The van der Waals surface area contributed by atoms with Crippen LogP contribution in [0.25, 0.3) is 5.69 Å². The molecule has 0 aliphatic rings. The number of Topliss-reactive ketones (excluding diaryl/α,β-unsaturated/α-hetero) is 1. The summed E-state index contributed by atoms with van der Waals surface area (Å²) in [5, 5.41) is 14.3. The molecule has 1 amide bonds. The van der Waals surface area contributed by atoms with Gasteiger partial charge in [0.15, 0.2) is 5.78 Å². The number of aromatic nitrogens is 4. The van der Waals surface area contributed by atoms with E-state index in [1.807, 2.05) is 0 Å². The Kier molecular flexibility index (Phi) is 5.82. The van der Waals surface area contributed by atoms with Crippen molar-refractivity contribution in [2.24, 2.45) is 0 Å². The Morgan fingerprint density at radius 2 is 2.07 bits per heavy atom. The Labute approximate surface area is 162 Å². The zero-order valence-corrected chi connectivity index (χ0v) is 15.6. The predicted molar refractivity (Wildman–Crippen MR) is 99.9 cm³/mol. The van der Waals surface area contributed by atoms with Crippen molar-refractivity contribution in [2.45, 2.75) is 12.1 Å². The van der Waals surface area contributed by atoms with Gasteiger partial charge in [-0.15, -0.1) is 5.10 Å². The fourth-order valence-corrected chi connectivity index (χ4v) is 3.06. The first-order valence-electron chi connectivity index (χ1n) is 7.71. The summed E-state index contributed by atoms with van der Waals surface area (Å²) in [5.41, 5.74) is 1.51. The van der Waals surface area contributed by atoms with Gasteiger partial charge in [-0.25, -0.2) is 4.39 Å². The number of rotatable bonds is 6. The molecule has 0 fully saturated rings. The van der Waals surface area contributed by atoms with Crippen LogP contribution in [0.2, 0.25) is 5.02 Å². The molecule has 1 heterocycles. The highest BCUT2D eigenvalue weighted by molar-refractivity contribution is 7.99. The van der Waals surface area contributed by atoms with Crippen LogP contribution in [-0.4, -0.2) is 37.7 Å². The molecule has 27 heavy (non-hydrogen) atoms. The van der Waals surface area contributed by atoms with Crippen molar-refractivity contribution < 1.29 is 14.0 Å². The lowest BCUT2D eigenvalue weighted by molar-refractivity contribution is -0.113. The lowest BCUT2D eigenvalue weighted by Gasteiger charge is -2.07. The second-order valence-electron chi connectivity index (χ2n) is 5.45. The van der Waals surface area contributed by atoms with E-state index in [-0.39, 0.29) is 22.5 Å². The summed E-state index contributed by atoms with van der Waals surface area (Å²) < 4.78 is 14.7. The van der Waals surface area contributed by atoms with Gasteiger partial charge in [-0.2, -0.15) is 4.68 Å². The van der Waals surface area contributed by atoms with Crippen molar-refractivity contribution in [3.63, 3.8) is 0 Å². The molecule has 2 aromatic carbocycles. The minimum Gasteiger partial charge on any atom is -0.325 e. The van der Waals surface area contributed by atoms with Crippen molar-refractivity contribution in [1.82, 2.24) is 20.2 Å². The first kappa shape index (κ1) is 19.0. The van der Waals surface area contributed by atoms with Crippen LogP contribution in [0.15, 0.2) is 47.6 Å². The standard InChI is InChI=1S/C17H13ClFN5O2S/c1-10(25)11-3-2-4-12(7-11)20-16(26)9-27-17-21-22-23-24(17)13-5-6-15(19)14(18)8-13/h2-8H,9H2,1H3,(H,20,26). The highest BCUT2D eigenvalue weighted by atomic mass is 35.5. The van der Waals surface area contributed by atoms with Gasteiger partial charge in [0.25, 0.3) is 0 Å². The highest BCUT2D eigenvalue weighted by Crippen LogP contribution is 2.22. The van der Waals surface area contributed by atoms with E-state index >= 15 is 0 Å². The Morgan fingerprint density at radius 3 is 2.81 bits per heavy atom. The molecule has 0 saturated heterocycles. The average molecular weight is 406 g/mol. The molecule has 0 unspecified atom stereocenters. The number of benzene rings is 2. The molecule has 0 radical (unpaired) electrons. The van der Waals surface area contributed by atoms with Crippen LogP contribution in [0.4, 0.5) is 10.1 Å². The smallest absolute Gasteiger partial charge is 0.234 e. The first-order chi connectivity index (χ1) is 12.9. The summed E-state index contributed by atoms with van der Waals surface area (Å²) >= 11 is 6.89. The number of ketones is 1. The van der Waals surface area contributed by atoms with E-state index in [0.717, 1.165) is 11.8 Å². The number of hydrogen-bond acceptors (Lipinski definition) is 6. The van der Waals surface area contributed by atoms with Crippen molar-refractivity contribution in [2.75, 3.05) is 11.1 Å². The summed E-state index contributed by atoms with van der Waals surface area (Å²) in [6.07, 6.45) is 0. The molecular weight excluding hydrogens is 393 g/mol. The van der Waals surface area contributed by atoms with Crippen molar-refractivity contribution in [3.05, 3.63) is 58.9 Å². The number of anilines is 1. The molecule has 0 aliphatic carbocycles. The number of tetrazole rings is 1. The van der Waals surface area contributed by atoms with Gasteiger partial charge < -0.3 is 5.32 Å². The van der Waals surface area contributed by atoms with E-state index < -0.39 is 5.82 Å². The summed E-state index contributed by atoms with van der Waals surface area (Å²) in [6.45, 7) is 1.46. The molecule has 1 N–H and O–H groups in total. The van der Waals surface area contributed by atoms with E-state index in [4.69, 9.17) is 11.6 Å². The molecule has 3 aromatic rings. The molecule has 0 saturated carbocycles. The molecule has 0 aliphatic heterocycles. The normalized spacial score (nSPS) is 10.6. The van der Waals surface area contributed by atoms with Gasteiger partial charge in [0.05, 0.1) is 16.5 Å². The van der Waals surface area contributed by atoms with Gasteiger partial charge >= 0.3 is 0 Å². The van der Waals surface area contributed by atoms with Crippen LogP contribution in [0.1, 0.15) is 17.3 Å². The number of halogens is 2. The molecule has 0 spiro atoms. The second kappa shape index (κ2) is 8.28. The largest absolute Gasteiger partial charge is 0.325 e. The SMILES string of the molecule is CC(=O)c1cccc(NC(=O)CSc2nnnn2-c2ccc(F)c(Cl)c2)c1. The minimum absolute atomic E-state index is 0.0413. The number of nitrogens with zero attached hydrogens (tertiary/aromatic N) is 4. The van der Waals surface area contributed by atoms with Crippen molar-refractivity contribution in [1.29, 1.82) is 0 Å². The fraction of sp³-hybridized carbons (Fsp3) is 0.118. The zero-order valence-electron chi connectivity index (χ0n) is 14.0. The van der Waals surface area contributed by atoms with E-state index in [0.29, 0.717) is 22.1 Å². The number of amides is 1. The quantitative estimate of drug-likeness (QED) is 0.499. The average Bonchev–Trinajstić information content (AvgIpc) is 3.11. The van der Waals surface area contributed by atoms with Crippen LogP contribution in [0, 0.1) is 5.82 Å². The summed E-state index contributed by atoms with van der Waals surface area (Å²) in [6, 6.07) is 10.8. The number of thioether (sulfide) groups is 1. The first-order valence-corrected chi connectivity index (χ1v) is 9.08. The Balaban J connectivity index is 1.66. The predicted octanol–water partition coefficient (Wildman–Crippen LogP) is 3.39. The number of carbonyl (C=O) groups is 2. The molecule has 0 atom stereocenters. The maximum Gasteiger partial charge on any atom is 0.234 e. The molecule has 1 aromatic heterocycles. The highest BCUT2D eigenvalue weighted by Gasteiger charge is 2.13. The van der Waals surface area contributed by atoms with E-state index in [2.05, 4.69) is 20.8 Å². The molecule has 0 bridgehead atoms. The summed E-state index contributed by atoms with van der Waals surface area (Å²) in [7, 11) is 0. The van der Waals surface area contributed by atoms with Gasteiger partial charge in [0, 0.05) is 11.3 Å².